The fourth-order valence-corrected chi connectivity index (χ4v) is 4.05. The lowest BCUT2D eigenvalue weighted by molar-refractivity contribution is -0.151. The summed E-state index contributed by atoms with van der Waals surface area (Å²) in [6.45, 7) is 0. The Balaban J connectivity index is 1.85. The Kier molecular flexibility index (Phi) is 3.15. The molecule has 0 aliphatic heterocycles. The van der Waals surface area contributed by atoms with Crippen LogP contribution < -0.4 is 4.74 Å². The molecule has 3 rings (SSSR count). The predicted octanol–water partition coefficient (Wildman–Crippen LogP) is 2.05. The first kappa shape index (κ1) is 13.9. The van der Waals surface area contributed by atoms with Crippen molar-refractivity contribution in [3.63, 3.8) is 0 Å². The lowest BCUT2D eigenvalue weighted by atomic mass is 9.75. The third-order valence-electron chi connectivity index (χ3n) is 5.12. The van der Waals surface area contributed by atoms with Crippen LogP contribution in [-0.2, 0) is 16.0 Å². The summed E-state index contributed by atoms with van der Waals surface area (Å²) < 4.78 is 5.10. The van der Waals surface area contributed by atoms with Crippen LogP contribution in [0.1, 0.15) is 18.4 Å². The van der Waals surface area contributed by atoms with E-state index in [9.17, 15) is 19.8 Å². The highest BCUT2D eigenvalue weighted by Gasteiger charge is 2.70. The molecule has 2 aliphatic rings. The van der Waals surface area contributed by atoms with Crippen molar-refractivity contribution in [2.75, 3.05) is 7.11 Å². The number of hydrogen-bond acceptors (Lipinski definition) is 3. The lowest BCUT2D eigenvalue weighted by Gasteiger charge is -2.27. The van der Waals surface area contributed by atoms with Gasteiger partial charge in [0.1, 0.15) is 5.75 Å². The van der Waals surface area contributed by atoms with Gasteiger partial charge in [-0.25, -0.2) is 0 Å². The minimum absolute atomic E-state index is 0.0387. The van der Waals surface area contributed by atoms with Gasteiger partial charge in [-0.1, -0.05) is 12.1 Å². The number of carboxylic acids is 2. The summed E-state index contributed by atoms with van der Waals surface area (Å²) in [5, 5.41) is 18.9. The molecular formula is C16H18O5. The highest BCUT2D eigenvalue weighted by molar-refractivity contribution is 5.82. The molecule has 0 radical (unpaired) electrons. The highest BCUT2D eigenvalue weighted by atomic mass is 16.5. The summed E-state index contributed by atoms with van der Waals surface area (Å²) in [5.74, 6) is -1.67. The largest absolute Gasteiger partial charge is 0.497 e. The average molecular weight is 290 g/mol. The van der Waals surface area contributed by atoms with E-state index in [-0.39, 0.29) is 11.8 Å². The minimum Gasteiger partial charge on any atom is -0.497 e. The van der Waals surface area contributed by atoms with E-state index in [1.807, 2.05) is 12.1 Å². The van der Waals surface area contributed by atoms with Crippen LogP contribution >= 0.6 is 0 Å². The number of aliphatic carboxylic acids is 2. The molecule has 0 amide bonds. The van der Waals surface area contributed by atoms with Crippen molar-refractivity contribution < 1.29 is 24.5 Å². The maximum Gasteiger partial charge on any atom is 0.310 e. The fraction of sp³-hybridized carbons (Fsp3) is 0.500. The van der Waals surface area contributed by atoms with E-state index in [0.29, 0.717) is 19.3 Å². The van der Waals surface area contributed by atoms with Gasteiger partial charge < -0.3 is 14.9 Å². The monoisotopic (exact) mass is 290 g/mol. The molecule has 2 aliphatic carbocycles. The number of carbonyl (C=O) groups is 2. The normalized spacial score (nSPS) is 33.3. The molecule has 5 nitrogen and oxygen atoms in total. The molecule has 5 heteroatoms. The van der Waals surface area contributed by atoms with Gasteiger partial charge in [0.05, 0.1) is 18.4 Å². The molecule has 0 saturated heterocycles. The molecule has 4 atom stereocenters. The highest BCUT2D eigenvalue weighted by Crippen LogP contribution is 2.67. The molecule has 2 fully saturated rings. The van der Waals surface area contributed by atoms with Gasteiger partial charge in [0.25, 0.3) is 0 Å². The molecule has 0 spiro atoms. The van der Waals surface area contributed by atoms with Gasteiger partial charge in [0, 0.05) is 0 Å². The van der Waals surface area contributed by atoms with Crippen LogP contribution in [0.4, 0.5) is 0 Å². The van der Waals surface area contributed by atoms with Gasteiger partial charge in [-0.05, 0) is 48.8 Å². The maximum atomic E-state index is 11.8. The first-order valence-electron chi connectivity index (χ1n) is 7.09. The van der Waals surface area contributed by atoms with Crippen LogP contribution in [0.5, 0.6) is 5.75 Å². The van der Waals surface area contributed by atoms with Crippen molar-refractivity contribution >= 4 is 11.9 Å². The number of hydrogen-bond donors (Lipinski definition) is 2. The summed E-state index contributed by atoms with van der Waals surface area (Å²) in [4.78, 5) is 23.1. The summed E-state index contributed by atoms with van der Waals surface area (Å²) in [7, 11) is 1.58. The van der Waals surface area contributed by atoms with Crippen LogP contribution in [0.3, 0.4) is 0 Å². The van der Waals surface area contributed by atoms with Crippen LogP contribution in [0.15, 0.2) is 24.3 Å². The Hall–Kier alpha value is -2.04. The zero-order valence-corrected chi connectivity index (χ0v) is 11.8. The van der Waals surface area contributed by atoms with E-state index in [1.54, 1.807) is 19.2 Å². The zero-order chi connectivity index (χ0) is 15.2. The molecular weight excluding hydrogens is 272 g/mol. The first-order valence-corrected chi connectivity index (χ1v) is 7.09. The molecule has 21 heavy (non-hydrogen) atoms. The summed E-state index contributed by atoms with van der Waals surface area (Å²) >= 11 is 0. The van der Waals surface area contributed by atoms with E-state index in [4.69, 9.17) is 4.74 Å². The van der Waals surface area contributed by atoms with Crippen molar-refractivity contribution in [1.82, 2.24) is 0 Å². The molecule has 0 bridgehead atoms. The van der Waals surface area contributed by atoms with Gasteiger partial charge >= 0.3 is 11.9 Å². The number of benzene rings is 1. The SMILES string of the molecule is COc1ccc(CC2(C(=O)O)CCC3C(C(=O)O)C32)cc1. The van der Waals surface area contributed by atoms with Crippen LogP contribution in [0.25, 0.3) is 0 Å². The van der Waals surface area contributed by atoms with Gasteiger partial charge in [-0.2, -0.15) is 0 Å². The van der Waals surface area contributed by atoms with Crippen LogP contribution in [0.2, 0.25) is 0 Å². The van der Waals surface area contributed by atoms with Crippen LogP contribution in [-0.4, -0.2) is 29.3 Å². The summed E-state index contributed by atoms with van der Waals surface area (Å²) in [6, 6.07) is 7.32. The lowest BCUT2D eigenvalue weighted by Crippen LogP contribution is -2.35. The van der Waals surface area contributed by atoms with E-state index in [2.05, 4.69) is 0 Å². The quantitative estimate of drug-likeness (QED) is 0.867. The Morgan fingerprint density at radius 1 is 1.29 bits per heavy atom. The van der Waals surface area contributed by atoms with E-state index in [1.165, 1.54) is 0 Å². The average Bonchev–Trinajstić information content (AvgIpc) is 3.09. The Labute approximate surface area is 122 Å². The Bertz CT molecular complexity index is 579. The van der Waals surface area contributed by atoms with E-state index >= 15 is 0 Å². The fourth-order valence-electron chi connectivity index (χ4n) is 4.05. The molecule has 0 heterocycles. The first-order chi connectivity index (χ1) is 9.99. The van der Waals surface area contributed by atoms with Crippen LogP contribution in [0, 0.1) is 23.2 Å². The smallest absolute Gasteiger partial charge is 0.310 e. The second-order valence-corrected chi connectivity index (χ2v) is 6.08. The Morgan fingerprint density at radius 3 is 2.43 bits per heavy atom. The number of carboxylic acid groups (broad SMARTS) is 2. The number of rotatable bonds is 5. The van der Waals surface area contributed by atoms with Gasteiger partial charge in [0.15, 0.2) is 0 Å². The van der Waals surface area contributed by atoms with Crippen molar-refractivity contribution in [2.45, 2.75) is 19.3 Å². The molecule has 0 aromatic heterocycles. The molecule has 2 saturated carbocycles. The second-order valence-electron chi connectivity index (χ2n) is 6.08. The predicted molar refractivity (Wildman–Crippen MR) is 74.1 cm³/mol. The molecule has 2 N–H and O–H groups in total. The second kappa shape index (κ2) is 4.76. The maximum absolute atomic E-state index is 11.8. The summed E-state index contributed by atoms with van der Waals surface area (Å²) in [5.41, 5.74) is -0.0163. The topological polar surface area (TPSA) is 83.8 Å². The minimum atomic E-state index is -0.928. The molecule has 112 valence electrons. The van der Waals surface area contributed by atoms with Crippen molar-refractivity contribution in [3.05, 3.63) is 29.8 Å². The molecule has 1 aromatic carbocycles. The summed E-state index contributed by atoms with van der Waals surface area (Å²) in [6.07, 6.45) is 1.65. The van der Waals surface area contributed by atoms with Crippen molar-refractivity contribution in [3.8, 4) is 5.75 Å². The standard InChI is InChI=1S/C16H18O5/c1-21-10-4-2-9(3-5-10)8-16(15(19)20)7-6-11-12(13(11)16)14(17)18/h2-5,11-13H,6-8H2,1H3,(H,17,18)(H,19,20). The van der Waals surface area contributed by atoms with Crippen molar-refractivity contribution in [1.29, 1.82) is 0 Å². The van der Waals surface area contributed by atoms with E-state index in [0.717, 1.165) is 11.3 Å². The number of ether oxygens (including phenoxy) is 1. The van der Waals surface area contributed by atoms with Gasteiger partial charge in [0.2, 0.25) is 0 Å². The van der Waals surface area contributed by atoms with E-state index < -0.39 is 23.3 Å². The number of methoxy groups -OCH3 is 1. The van der Waals surface area contributed by atoms with Crippen molar-refractivity contribution in [2.24, 2.45) is 23.2 Å². The van der Waals surface area contributed by atoms with Gasteiger partial charge in [-0.15, -0.1) is 0 Å². The molecule has 1 aromatic rings. The number of fused-ring (bicyclic) bond motifs is 1. The van der Waals surface area contributed by atoms with Gasteiger partial charge in [-0.3, -0.25) is 9.59 Å². The third-order valence-corrected chi connectivity index (χ3v) is 5.12. The molecule has 4 unspecified atom stereocenters. The Morgan fingerprint density at radius 2 is 1.95 bits per heavy atom. The third kappa shape index (κ3) is 2.07. The zero-order valence-electron chi connectivity index (χ0n) is 11.8.